The van der Waals surface area contributed by atoms with Crippen molar-refractivity contribution >= 4 is 11.6 Å². The standard InChI is InChI=1S/C9H13ClO/c1-5-8(6-2)9(11-4)7(3)10/h5H,1,3,6H2,2,4H3/b9-8-. The van der Waals surface area contributed by atoms with Gasteiger partial charge in [-0.25, -0.2) is 0 Å². The topological polar surface area (TPSA) is 9.23 Å². The van der Waals surface area contributed by atoms with Crippen molar-refractivity contribution in [1.29, 1.82) is 0 Å². The molecule has 62 valence electrons. The smallest absolute Gasteiger partial charge is 0.139 e. The van der Waals surface area contributed by atoms with Gasteiger partial charge in [0.2, 0.25) is 0 Å². The van der Waals surface area contributed by atoms with Gasteiger partial charge in [-0.1, -0.05) is 37.8 Å². The van der Waals surface area contributed by atoms with Gasteiger partial charge in [-0.3, -0.25) is 0 Å². The lowest BCUT2D eigenvalue weighted by molar-refractivity contribution is 0.300. The summed E-state index contributed by atoms with van der Waals surface area (Å²) < 4.78 is 5.03. The molecule has 0 atom stereocenters. The Balaban J connectivity index is 4.76. The summed E-state index contributed by atoms with van der Waals surface area (Å²) in [5.41, 5.74) is 0.979. The predicted molar refractivity (Wildman–Crippen MR) is 49.5 cm³/mol. The van der Waals surface area contributed by atoms with Gasteiger partial charge in [0.1, 0.15) is 5.76 Å². The SMILES string of the molecule is C=C/C(CC)=C(/OC)C(=C)Cl. The van der Waals surface area contributed by atoms with Crippen LogP contribution in [0.15, 0.2) is 35.6 Å². The van der Waals surface area contributed by atoms with Crippen LogP contribution < -0.4 is 0 Å². The molecule has 0 aliphatic heterocycles. The van der Waals surface area contributed by atoms with Gasteiger partial charge in [-0.2, -0.15) is 0 Å². The first-order valence-corrected chi connectivity index (χ1v) is 3.79. The van der Waals surface area contributed by atoms with Crippen LogP contribution in [0.3, 0.4) is 0 Å². The van der Waals surface area contributed by atoms with E-state index in [1.54, 1.807) is 13.2 Å². The Morgan fingerprint density at radius 3 is 2.27 bits per heavy atom. The number of hydrogen-bond acceptors (Lipinski definition) is 1. The van der Waals surface area contributed by atoms with E-state index in [1.807, 2.05) is 6.92 Å². The normalized spacial score (nSPS) is 11.9. The zero-order valence-electron chi connectivity index (χ0n) is 6.98. The summed E-state index contributed by atoms with van der Waals surface area (Å²) in [6, 6.07) is 0. The molecule has 1 nitrogen and oxygen atoms in total. The Bertz CT molecular complexity index is 192. The monoisotopic (exact) mass is 172 g/mol. The molecule has 0 spiro atoms. The van der Waals surface area contributed by atoms with Crippen LogP contribution in [0.1, 0.15) is 13.3 Å². The molecule has 0 fully saturated rings. The number of halogens is 1. The second-order valence-corrected chi connectivity index (χ2v) is 2.48. The number of rotatable bonds is 4. The third-order valence-electron chi connectivity index (χ3n) is 1.37. The molecule has 0 unspecified atom stereocenters. The lowest BCUT2D eigenvalue weighted by atomic mass is 10.1. The highest BCUT2D eigenvalue weighted by atomic mass is 35.5. The Morgan fingerprint density at radius 1 is 1.64 bits per heavy atom. The first kappa shape index (κ1) is 10.3. The molecular weight excluding hydrogens is 160 g/mol. The minimum atomic E-state index is 0.421. The van der Waals surface area contributed by atoms with Gasteiger partial charge in [0.15, 0.2) is 0 Å². The summed E-state index contributed by atoms with van der Waals surface area (Å²) in [6.45, 7) is 9.23. The molecule has 0 aromatic heterocycles. The van der Waals surface area contributed by atoms with Crippen LogP contribution in [-0.2, 0) is 4.74 Å². The van der Waals surface area contributed by atoms with E-state index in [-0.39, 0.29) is 0 Å². The van der Waals surface area contributed by atoms with E-state index in [2.05, 4.69) is 13.2 Å². The largest absolute Gasteiger partial charge is 0.495 e. The fraction of sp³-hybridized carbons (Fsp3) is 0.333. The highest BCUT2D eigenvalue weighted by molar-refractivity contribution is 6.31. The molecule has 0 aliphatic rings. The summed E-state index contributed by atoms with van der Waals surface area (Å²) in [6.07, 6.45) is 2.57. The van der Waals surface area contributed by atoms with E-state index in [0.717, 1.165) is 12.0 Å². The van der Waals surface area contributed by atoms with Crippen LogP contribution in [0.4, 0.5) is 0 Å². The molecule has 0 rings (SSSR count). The molecule has 0 bridgehead atoms. The van der Waals surface area contributed by atoms with Crippen molar-refractivity contribution in [2.45, 2.75) is 13.3 Å². The minimum absolute atomic E-state index is 0.421. The van der Waals surface area contributed by atoms with Gasteiger partial charge in [-0.15, -0.1) is 0 Å². The van der Waals surface area contributed by atoms with Crippen molar-refractivity contribution in [3.05, 3.63) is 35.6 Å². The molecule has 0 amide bonds. The van der Waals surface area contributed by atoms with E-state index in [4.69, 9.17) is 16.3 Å². The highest BCUT2D eigenvalue weighted by Crippen LogP contribution is 2.20. The van der Waals surface area contributed by atoms with Gasteiger partial charge in [-0.05, 0) is 12.0 Å². The van der Waals surface area contributed by atoms with Crippen LogP contribution in [0.25, 0.3) is 0 Å². The average Bonchev–Trinajstić information content (AvgIpc) is 1.99. The summed E-state index contributed by atoms with van der Waals surface area (Å²) >= 11 is 5.67. The maximum absolute atomic E-state index is 5.67. The summed E-state index contributed by atoms with van der Waals surface area (Å²) in [4.78, 5) is 0. The molecule has 0 aromatic carbocycles. The van der Waals surface area contributed by atoms with Crippen LogP contribution in [0, 0.1) is 0 Å². The maximum atomic E-state index is 5.67. The molecule has 0 radical (unpaired) electrons. The van der Waals surface area contributed by atoms with Gasteiger partial charge in [0.25, 0.3) is 0 Å². The van der Waals surface area contributed by atoms with E-state index in [0.29, 0.717) is 10.8 Å². The third-order valence-corrected chi connectivity index (χ3v) is 1.54. The van der Waals surface area contributed by atoms with Crippen LogP contribution in [-0.4, -0.2) is 7.11 Å². The molecular formula is C9H13ClO. The molecule has 0 N–H and O–H groups in total. The Hall–Kier alpha value is -0.690. The first-order valence-electron chi connectivity index (χ1n) is 3.41. The quantitative estimate of drug-likeness (QED) is 0.467. The molecule has 2 heteroatoms. The molecule has 0 aliphatic carbocycles. The number of allylic oxidation sites excluding steroid dienone is 3. The summed E-state index contributed by atoms with van der Waals surface area (Å²) in [5.74, 6) is 0.629. The number of hydrogen-bond donors (Lipinski definition) is 0. The van der Waals surface area contributed by atoms with E-state index in [9.17, 15) is 0 Å². The van der Waals surface area contributed by atoms with Crippen molar-refractivity contribution in [2.75, 3.05) is 7.11 Å². The number of methoxy groups -OCH3 is 1. The Morgan fingerprint density at radius 2 is 2.18 bits per heavy atom. The molecule has 0 aromatic rings. The van der Waals surface area contributed by atoms with Crippen LogP contribution in [0.2, 0.25) is 0 Å². The molecule has 0 heterocycles. The van der Waals surface area contributed by atoms with E-state index >= 15 is 0 Å². The summed E-state index contributed by atoms with van der Waals surface area (Å²) in [5, 5.41) is 0.421. The van der Waals surface area contributed by atoms with Crippen molar-refractivity contribution in [2.24, 2.45) is 0 Å². The van der Waals surface area contributed by atoms with Gasteiger partial charge in [0, 0.05) is 0 Å². The average molecular weight is 173 g/mol. The van der Waals surface area contributed by atoms with E-state index < -0.39 is 0 Å². The predicted octanol–water partition coefficient (Wildman–Crippen LogP) is 3.24. The first-order chi connectivity index (χ1) is 5.17. The van der Waals surface area contributed by atoms with Gasteiger partial charge < -0.3 is 4.74 Å². The molecule has 0 saturated heterocycles. The van der Waals surface area contributed by atoms with Crippen LogP contribution >= 0.6 is 11.6 Å². The number of ether oxygens (including phenoxy) is 1. The van der Waals surface area contributed by atoms with Crippen molar-refractivity contribution < 1.29 is 4.74 Å². The van der Waals surface area contributed by atoms with Crippen LogP contribution in [0.5, 0.6) is 0 Å². The molecule has 0 saturated carbocycles. The Kier molecular flexibility index (Phi) is 4.71. The maximum Gasteiger partial charge on any atom is 0.139 e. The lowest BCUT2D eigenvalue weighted by Crippen LogP contribution is -1.91. The van der Waals surface area contributed by atoms with E-state index in [1.165, 1.54) is 0 Å². The lowest BCUT2D eigenvalue weighted by Gasteiger charge is -2.07. The van der Waals surface area contributed by atoms with Gasteiger partial charge >= 0.3 is 0 Å². The second kappa shape index (κ2) is 5.03. The van der Waals surface area contributed by atoms with Crippen molar-refractivity contribution in [1.82, 2.24) is 0 Å². The van der Waals surface area contributed by atoms with Gasteiger partial charge in [0.05, 0.1) is 12.1 Å². The Labute approximate surface area is 73.0 Å². The zero-order chi connectivity index (χ0) is 8.85. The summed E-state index contributed by atoms with van der Waals surface area (Å²) in [7, 11) is 1.57. The van der Waals surface area contributed by atoms with Crippen molar-refractivity contribution in [3.63, 3.8) is 0 Å². The molecule has 11 heavy (non-hydrogen) atoms. The minimum Gasteiger partial charge on any atom is -0.495 e. The fourth-order valence-corrected chi connectivity index (χ4v) is 1.01. The second-order valence-electron chi connectivity index (χ2n) is 2.02. The highest BCUT2D eigenvalue weighted by Gasteiger charge is 2.03. The van der Waals surface area contributed by atoms with Crippen molar-refractivity contribution in [3.8, 4) is 0 Å². The zero-order valence-corrected chi connectivity index (χ0v) is 7.74. The third kappa shape index (κ3) is 2.81. The fourth-order valence-electron chi connectivity index (χ4n) is 0.814.